The minimum absolute atomic E-state index is 0.0537. The monoisotopic (exact) mass is 1040 g/mol. The fraction of sp³-hybridized carbons (Fsp3) is 0.351. The lowest BCUT2D eigenvalue weighted by Crippen LogP contribution is -2.60. The van der Waals surface area contributed by atoms with Crippen LogP contribution in [0.2, 0.25) is 0 Å². The maximum Gasteiger partial charge on any atom is 0.261 e. The number of nitrogens with zero attached hydrogens (tertiary/aromatic N) is 2. The second kappa shape index (κ2) is 15.9. The highest BCUT2D eigenvalue weighted by atomic mass is 16.4. The Balaban J connectivity index is 1.13. The van der Waals surface area contributed by atoms with Crippen molar-refractivity contribution in [2.75, 3.05) is 9.80 Å². The first kappa shape index (κ1) is 46.9. The minimum atomic E-state index is -2.48. The van der Waals surface area contributed by atoms with Crippen LogP contribution in [-0.4, -0.2) is 6.71 Å². The lowest BCUT2D eigenvalue weighted by atomic mass is 9.34. The maximum absolute atomic E-state index is 9.44. The van der Waals surface area contributed by atoms with Crippen LogP contribution in [0.4, 0.5) is 34.5 Å². The molecule has 2 aliphatic heterocycles. The summed E-state index contributed by atoms with van der Waals surface area (Å²) in [7, 11) is 0. The summed E-state index contributed by atoms with van der Waals surface area (Å²) in [5, 5.41) is 1.08. The Kier molecular flexibility index (Phi) is 9.43. The molecule has 0 fully saturated rings. The van der Waals surface area contributed by atoms with Gasteiger partial charge in [-0.15, -0.1) is 0 Å². The fourth-order valence-corrected chi connectivity index (χ4v) is 15.2. The van der Waals surface area contributed by atoms with Crippen LogP contribution in [0.25, 0.3) is 33.2 Å². The lowest BCUT2D eigenvalue weighted by Gasteiger charge is -2.43. The summed E-state index contributed by atoms with van der Waals surface area (Å²) in [6.45, 7) is 34.3. The van der Waals surface area contributed by atoms with Crippen LogP contribution >= 0.6 is 0 Å². The van der Waals surface area contributed by atoms with Crippen molar-refractivity contribution in [2.45, 2.75) is 168 Å². The predicted octanol–water partition coefficient (Wildman–Crippen LogP) is 18.3. The second-order valence-electron chi connectivity index (χ2n) is 29.0. The third-order valence-corrected chi connectivity index (χ3v) is 20.0. The van der Waals surface area contributed by atoms with Gasteiger partial charge in [0.15, 0.2) is 5.88 Å². The van der Waals surface area contributed by atoms with E-state index in [1.54, 1.807) is 0 Å². The van der Waals surface area contributed by atoms with E-state index in [1.165, 1.54) is 66.8 Å². The molecule has 0 atom stereocenters. The number of hydrogen-bond donors (Lipinski definition) is 0. The molecule has 4 heterocycles. The van der Waals surface area contributed by atoms with Crippen molar-refractivity contribution in [2.24, 2.45) is 0 Å². The van der Waals surface area contributed by atoms with Gasteiger partial charge in [-0.3, -0.25) is 9.80 Å². The van der Waals surface area contributed by atoms with Gasteiger partial charge in [-0.05, 0) is 186 Å². The normalized spacial score (nSPS) is 18.4. The molecule has 4 nitrogen and oxygen atoms in total. The number of furan rings is 2. The van der Waals surface area contributed by atoms with E-state index in [-0.39, 0.29) is 27.2 Å². The van der Waals surface area contributed by atoms with Crippen molar-refractivity contribution < 1.29 is 12.9 Å². The zero-order chi connectivity index (χ0) is 58.1. The van der Waals surface area contributed by atoms with Crippen LogP contribution in [0.15, 0.2) is 142 Å². The summed E-state index contributed by atoms with van der Waals surface area (Å²) in [6, 6.07) is 49.3. The highest BCUT2D eigenvalue weighted by molar-refractivity contribution is 7.01. The van der Waals surface area contributed by atoms with E-state index in [0.29, 0.717) is 11.8 Å². The van der Waals surface area contributed by atoms with Gasteiger partial charge in [0.05, 0.1) is 11.4 Å². The predicted molar refractivity (Wildman–Crippen MR) is 334 cm³/mol. The van der Waals surface area contributed by atoms with Gasteiger partial charge in [0.2, 0.25) is 5.88 Å². The van der Waals surface area contributed by atoms with E-state index in [1.807, 2.05) is 12.1 Å². The quantitative estimate of drug-likeness (QED) is 0.165. The third kappa shape index (κ3) is 6.86. The first-order valence-corrected chi connectivity index (χ1v) is 29.0. The minimum Gasteiger partial charge on any atom is -0.444 e. The van der Waals surface area contributed by atoms with Gasteiger partial charge in [0.1, 0.15) is 11.3 Å². The molecule has 7 aromatic carbocycles. The molecule has 0 N–H and O–H groups in total. The molecule has 9 aromatic rings. The third-order valence-electron chi connectivity index (χ3n) is 20.0. The summed E-state index contributed by atoms with van der Waals surface area (Å²) >= 11 is 0. The summed E-state index contributed by atoms with van der Waals surface area (Å²) < 4.78 is 43.7. The molecular formula is C74H77BN2O2. The van der Waals surface area contributed by atoms with E-state index < -0.39 is 29.8 Å². The number of aryl methyl sites for hydroxylation is 1. The topological polar surface area (TPSA) is 32.8 Å². The largest absolute Gasteiger partial charge is 0.444 e. The zero-order valence-corrected chi connectivity index (χ0v) is 49.4. The molecule has 0 bridgehead atoms. The number of rotatable bonds is 4. The number of hydrogen-bond acceptors (Lipinski definition) is 4. The maximum atomic E-state index is 9.44. The Labute approximate surface area is 474 Å². The van der Waals surface area contributed by atoms with E-state index in [4.69, 9.17) is 8.83 Å². The van der Waals surface area contributed by atoms with Gasteiger partial charge >= 0.3 is 0 Å². The molecule has 0 saturated heterocycles. The van der Waals surface area contributed by atoms with Gasteiger partial charge in [-0.1, -0.05) is 188 Å². The van der Waals surface area contributed by atoms with E-state index in [9.17, 15) is 4.11 Å². The van der Waals surface area contributed by atoms with Crippen LogP contribution in [0.1, 0.15) is 189 Å². The summed E-state index contributed by atoms with van der Waals surface area (Å²) in [5.41, 5.74) is 22.2. The van der Waals surface area contributed by atoms with Gasteiger partial charge in [0.25, 0.3) is 6.71 Å². The molecule has 5 aliphatic rings. The Morgan fingerprint density at radius 1 is 0.468 bits per heavy atom. The number of fused-ring (bicyclic) bond motifs is 13. The van der Waals surface area contributed by atoms with Crippen LogP contribution < -0.4 is 26.2 Å². The molecule has 14 rings (SSSR count). The van der Waals surface area contributed by atoms with E-state index >= 15 is 0 Å². The van der Waals surface area contributed by atoms with Crippen LogP contribution in [-0.2, 0) is 37.9 Å². The molecule has 0 radical (unpaired) electrons. The lowest BCUT2D eigenvalue weighted by molar-refractivity contribution is 0.332. The first-order valence-electron chi connectivity index (χ1n) is 30.5. The molecule has 0 unspecified atom stereocenters. The first-order chi connectivity index (χ1) is 38.3. The van der Waals surface area contributed by atoms with Crippen molar-refractivity contribution in [3.63, 3.8) is 0 Å². The highest BCUT2D eigenvalue weighted by Gasteiger charge is 2.52. The summed E-state index contributed by atoms with van der Waals surface area (Å²) in [6.07, 6.45) is 2.14. The van der Waals surface area contributed by atoms with E-state index in [2.05, 4.69) is 242 Å². The Morgan fingerprint density at radius 3 is 1.51 bits per heavy atom. The molecule has 398 valence electrons. The van der Waals surface area contributed by atoms with Crippen molar-refractivity contribution in [3.8, 4) is 22.3 Å². The Bertz CT molecular complexity index is 4230. The van der Waals surface area contributed by atoms with Crippen molar-refractivity contribution >= 4 is 68.6 Å². The van der Waals surface area contributed by atoms with Crippen LogP contribution in [0, 0.1) is 6.85 Å². The van der Waals surface area contributed by atoms with Crippen LogP contribution in [0.5, 0.6) is 0 Å². The van der Waals surface area contributed by atoms with E-state index in [0.717, 1.165) is 74.3 Å². The molecule has 5 heteroatoms. The van der Waals surface area contributed by atoms with Gasteiger partial charge < -0.3 is 8.83 Å². The fourth-order valence-electron chi connectivity index (χ4n) is 15.2. The molecule has 0 saturated carbocycles. The summed E-state index contributed by atoms with van der Waals surface area (Å²) in [4.78, 5) is 4.66. The van der Waals surface area contributed by atoms with Crippen molar-refractivity contribution in [3.05, 3.63) is 195 Å². The number of benzene rings is 7. The zero-order valence-electron chi connectivity index (χ0n) is 52.4. The second-order valence-corrected chi connectivity index (χ2v) is 29.0. The average molecular weight is 1040 g/mol. The smallest absolute Gasteiger partial charge is 0.261 e. The Hall–Kier alpha value is -6.98. The molecule has 0 amide bonds. The standard InChI is InChI=1S/C74H77BN2O2/c1-42-35-58-65-59(36-42)77(57-28-22-26-47-49-38-45(69(5,6)7)30-32-52(49)74(16,17)63(47)57)67-64(50-39-53-54(40-60(50)78-67)71(10,11)34-33-70(53,8)9)75(65)55-41-61(72(12,13)43-23-19-18-20-24-43)79-66(55)76(58)56-27-21-25-46-48-37-44(68(2,3)4)29-31-51(48)73(14,15)62(46)56/h18-32,35-41H,33-34H2,1-17H3/i1D3. The Morgan fingerprint density at radius 2 is 0.987 bits per heavy atom. The average Bonchev–Trinajstić information content (AvgIpc) is 3.75. The molecule has 0 spiro atoms. The van der Waals surface area contributed by atoms with Gasteiger partial charge in [-0.2, -0.15) is 0 Å². The van der Waals surface area contributed by atoms with Gasteiger partial charge in [-0.25, -0.2) is 0 Å². The molecule has 79 heavy (non-hydrogen) atoms. The molecular weight excluding hydrogens is 960 g/mol. The van der Waals surface area contributed by atoms with Crippen molar-refractivity contribution in [1.82, 2.24) is 0 Å². The van der Waals surface area contributed by atoms with Crippen molar-refractivity contribution in [1.29, 1.82) is 0 Å². The number of anilines is 6. The van der Waals surface area contributed by atoms with Gasteiger partial charge in [0, 0.05) is 42.6 Å². The van der Waals surface area contributed by atoms with Crippen LogP contribution in [0.3, 0.4) is 0 Å². The summed E-state index contributed by atoms with van der Waals surface area (Å²) in [5.74, 6) is 2.24. The molecule has 2 aromatic heterocycles. The highest BCUT2D eigenvalue weighted by Crippen LogP contribution is 2.59. The SMILES string of the molecule is [2H]C([2H])([2H])c1cc2c3c(c1)N(c1cccc4c1C(C)(C)c1ccc(C(C)(C)C)cc1-4)c1oc4cc5c(cc4c1B3c1cc(C(C)(C)c3ccccc3)oc1N2c1cccc2c1C(C)(C)c1ccc(C(C)(C)C)cc1-2)C(C)(C)CCC5(C)C. The molecule has 3 aliphatic carbocycles.